The summed E-state index contributed by atoms with van der Waals surface area (Å²) in [5, 5.41) is 5.66. The molecule has 3 atom stereocenters. The SMILES string of the molecule is C1=Cc2sc3ccccc3c2C(c2cc(-c3nc(C4=CC5Oc6ccccc6C5C=C4)nc(-c4ccc5ccccc5c4)n3)c3c(c2)oc2ccccc23)C1. The Kier molecular flexibility index (Phi) is 6.68. The van der Waals surface area contributed by atoms with Crippen LogP contribution < -0.4 is 4.74 Å². The van der Waals surface area contributed by atoms with Gasteiger partial charge in [0, 0.05) is 54.4 Å². The standard InChI is InChI=1S/C49H31N3O2S/c1-2-11-29-24-30(21-20-28(29)10-1)47-50-48(31-22-23-35-34-12-3-6-16-39(34)53-41(35)26-31)52-49(51-47)38-25-32(27-42-45(38)36-13-4-7-17-40(36)54-42)33-15-9-19-44-46(33)37-14-5-8-18-43(37)55-44/h1-14,16-27,33,35,41H,15H2. The zero-order chi connectivity index (χ0) is 36.0. The highest BCUT2D eigenvalue weighted by Gasteiger charge is 2.34. The van der Waals surface area contributed by atoms with Crippen molar-refractivity contribution in [2.24, 2.45) is 0 Å². The van der Waals surface area contributed by atoms with E-state index in [1.165, 1.54) is 37.0 Å². The van der Waals surface area contributed by atoms with Crippen molar-refractivity contribution in [3.05, 3.63) is 179 Å². The molecule has 0 fully saturated rings. The number of rotatable bonds is 4. The van der Waals surface area contributed by atoms with Crippen LogP contribution in [0.15, 0.2) is 156 Å². The van der Waals surface area contributed by atoms with E-state index in [2.05, 4.69) is 134 Å². The minimum Gasteiger partial charge on any atom is -0.485 e. The van der Waals surface area contributed by atoms with E-state index in [0.29, 0.717) is 17.5 Å². The third-order valence-electron chi connectivity index (χ3n) is 11.4. The van der Waals surface area contributed by atoms with Crippen molar-refractivity contribution in [2.75, 3.05) is 0 Å². The molecular weight excluding hydrogens is 695 g/mol. The molecule has 0 radical (unpaired) electrons. The van der Waals surface area contributed by atoms with Crippen LogP contribution in [-0.4, -0.2) is 21.1 Å². The maximum absolute atomic E-state index is 6.67. The first-order chi connectivity index (χ1) is 27.2. The first-order valence-corrected chi connectivity index (χ1v) is 19.6. The Balaban J connectivity index is 1.09. The summed E-state index contributed by atoms with van der Waals surface area (Å²) in [6.45, 7) is 0. The number of hydrogen-bond acceptors (Lipinski definition) is 6. The van der Waals surface area contributed by atoms with E-state index in [9.17, 15) is 0 Å². The van der Waals surface area contributed by atoms with Crippen LogP contribution in [-0.2, 0) is 0 Å². The number of hydrogen-bond donors (Lipinski definition) is 0. The summed E-state index contributed by atoms with van der Waals surface area (Å²) in [7, 11) is 0. The topological polar surface area (TPSA) is 61.0 Å². The van der Waals surface area contributed by atoms with Gasteiger partial charge in [0.05, 0.1) is 0 Å². The van der Waals surface area contributed by atoms with Gasteiger partial charge in [-0.1, -0.05) is 109 Å². The molecule has 6 aromatic carbocycles. The van der Waals surface area contributed by atoms with Gasteiger partial charge in [0.25, 0.3) is 0 Å². The van der Waals surface area contributed by atoms with Gasteiger partial charge < -0.3 is 9.15 Å². The summed E-state index contributed by atoms with van der Waals surface area (Å²) in [5.41, 5.74) is 8.21. The Morgan fingerprint density at radius 1 is 0.655 bits per heavy atom. The smallest absolute Gasteiger partial charge is 0.164 e. The Morgan fingerprint density at radius 2 is 1.45 bits per heavy atom. The summed E-state index contributed by atoms with van der Waals surface area (Å²) in [4.78, 5) is 17.2. The van der Waals surface area contributed by atoms with Crippen molar-refractivity contribution in [3.63, 3.8) is 0 Å². The van der Waals surface area contributed by atoms with Crippen LogP contribution >= 0.6 is 11.3 Å². The Labute approximate surface area is 320 Å². The number of fused-ring (bicyclic) bond motifs is 10. The van der Waals surface area contributed by atoms with Gasteiger partial charge in [-0.2, -0.15) is 0 Å². The molecule has 3 unspecified atom stereocenters. The number of nitrogens with zero attached hydrogens (tertiary/aromatic N) is 3. The molecule has 3 aromatic heterocycles. The molecule has 2 aliphatic carbocycles. The fourth-order valence-corrected chi connectivity index (χ4v) is 10.0. The number of ether oxygens (including phenoxy) is 1. The highest BCUT2D eigenvalue weighted by atomic mass is 32.1. The van der Waals surface area contributed by atoms with Crippen LogP contribution in [0.4, 0.5) is 0 Å². The van der Waals surface area contributed by atoms with Crippen molar-refractivity contribution < 1.29 is 9.15 Å². The summed E-state index contributed by atoms with van der Waals surface area (Å²) >= 11 is 1.86. The molecule has 0 spiro atoms. The molecule has 0 saturated heterocycles. The normalized spacial score (nSPS) is 18.4. The molecule has 0 amide bonds. The van der Waals surface area contributed by atoms with Gasteiger partial charge in [-0.05, 0) is 82.3 Å². The quantitative estimate of drug-likeness (QED) is 0.181. The number of thiophene rings is 1. The molecule has 0 N–H and O–H groups in total. The number of furan rings is 1. The monoisotopic (exact) mass is 725 g/mol. The zero-order valence-corrected chi connectivity index (χ0v) is 30.3. The lowest BCUT2D eigenvalue weighted by Crippen LogP contribution is -2.18. The molecule has 0 bridgehead atoms. The fraction of sp³-hybridized carbons (Fsp3) is 0.0816. The summed E-state index contributed by atoms with van der Waals surface area (Å²) in [6.07, 6.45) is 11.9. The van der Waals surface area contributed by atoms with Crippen LogP contribution in [0.3, 0.4) is 0 Å². The fourth-order valence-electron chi connectivity index (χ4n) is 8.84. The van der Waals surface area contributed by atoms with Gasteiger partial charge in [-0.3, -0.25) is 0 Å². The van der Waals surface area contributed by atoms with Crippen molar-refractivity contribution in [1.82, 2.24) is 15.0 Å². The molecule has 260 valence electrons. The Morgan fingerprint density at radius 3 is 2.42 bits per heavy atom. The van der Waals surface area contributed by atoms with Crippen molar-refractivity contribution in [1.29, 1.82) is 0 Å². The highest BCUT2D eigenvalue weighted by Crippen LogP contribution is 2.47. The molecule has 0 saturated carbocycles. The van der Waals surface area contributed by atoms with E-state index in [0.717, 1.165) is 56.2 Å². The molecule has 1 aliphatic heterocycles. The number of aromatic nitrogens is 3. The second kappa shape index (κ2) is 11.9. The predicted molar refractivity (Wildman–Crippen MR) is 224 cm³/mol. The Hall–Kier alpha value is -6.63. The number of para-hydroxylation sites is 2. The first kappa shape index (κ1) is 30.8. The number of benzene rings is 6. The third-order valence-corrected chi connectivity index (χ3v) is 12.6. The lowest BCUT2D eigenvalue weighted by atomic mass is 9.83. The average molecular weight is 726 g/mol. The molecular formula is C49H31N3O2S. The zero-order valence-electron chi connectivity index (χ0n) is 29.5. The molecule has 12 rings (SSSR count). The van der Waals surface area contributed by atoms with Gasteiger partial charge in [0.2, 0.25) is 0 Å². The Bertz CT molecular complexity index is 3150. The second-order valence-electron chi connectivity index (χ2n) is 14.6. The van der Waals surface area contributed by atoms with Gasteiger partial charge in [-0.15, -0.1) is 11.3 Å². The van der Waals surface area contributed by atoms with Gasteiger partial charge >= 0.3 is 0 Å². The summed E-state index contributed by atoms with van der Waals surface area (Å²) in [5.74, 6) is 3.07. The van der Waals surface area contributed by atoms with E-state index in [1.807, 2.05) is 35.6 Å². The lowest BCUT2D eigenvalue weighted by Gasteiger charge is -2.21. The maximum atomic E-state index is 6.67. The van der Waals surface area contributed by atoms with E-state index in [4.69, 9.17) is 24.1 Å². The minimum atomic E-state index is -0.136. The van der Waals surface area contributed by atoms with Crippen molar-refractivity contribution >= 4 is 65.8 Å². The van der Waals surface area contributed by atoms with Gasteiger partial charge in [0.15, 0.2) is 17.5 Å². The second-order valence-corrected chi connectivity index (χ2v) is 15.7. The molecule has 9 aromatic rings. The third kappa shape index (κ3) is 4.88. The van der Waals surface area contributed by atoms with E-state index >= 15 is 0 Å². The summed E-state index contributed by atoms with van der Waals surface area (Å²) in [6, 6.07) is 44.7. The van der Waals surface area contributed by atoms with Crippen molar-refractivity contribution in [2.45, 2.75) is 24.4 Å². The van der Waals surface area contributed by atoms with E-state index in [-0.39, 0.29) is 17.9 Å². The molecule has 55 heavy (non-hydrogen) atoms. The maximum Gasteiger partial charge on any atom is 0.164 e. The minimum absolute atomic E-state index is 0.136. The van der Waals surface area contributed by atoms with Crippen LogP contribution in [0.2, 0.25) is 0 Å². The van der Waals surface area contributed by atoms with Crippen LogP contribution in [0, 0.1) is 0 Å². The van der Waals surface area contributed by atoms with E-state index < -0.39 is 0 Å². The van der Waals surface area contributed by atoms with Crippen molar-refractivity contribution in [3.8, 4) is 28.5 Å². The van der Waals surface area contributed by atoms with Crippen LogP contribution in [0.1, 0.15) is 45.6 Å². The molecule has 5 nitrogen and oxygen atoms in total. The molecule has 3 aliphatic rings. The summed E-state index contributed by atoms with van der Waals surface area (Å²) < 4.78 is 14.4. The molecule has 4 heterocycles. The van der Waals surface area contributed by atoms with Crippen LogP contribution in [0.25, 0.3) is 77.2 Å². The number of allylic oxidation sites excluding steroid dienone is 3. The molecule has 6 heteroatoms. The van der Waals surface area contributed by atoms with E-state index in [1.54, 1.807) is 0 Å². The van der Waals surface area contributed by atoms with Gasteiger partial charge in [-0.25, -0.2) is 15.0 Å². The van der Waals surface area contributed by atoms with Crippen LogP contribution in [0.5, 0.6) is 5.75 Å². The largest absolute Gasteiger partial charge is 0.485 e. The first-order valence-electron chi connectivity index (χ1n) is 18.8. The average Bonchev–Trinajstić information content (AvgIpc) is 3.94. The predicted octanol–water partition coefficient (Wildman–Crippen LogP) is 12.5. The lowest BCUT2D eigenvalue weighted by molar-refractivity contribution is 0.269. The van der Waals surface area contributed by atoms with Gasteiger partial charge in [0.1, 0.15) is 23.0 Å². The highest BCUT2D eigenvalue weighted by molar-refractivity contribution is 7.20.